The molecule has 1 N–H and O–H groups in total. The fourth-order valence-electron chi connectivity index (χ4n) is 3.26. The molecule has 1 aromatic rings. The van der Waals surface area contributed by atoms with Gasteiger partial charge in [0.05, 0.1) is 7.11 Å². The van der Waals surface area contributed by atoms with Gasteiger partial charge in [-0.1, -0.05) is 12.1 Å². The summed E-state index contributed by atoms with van der Waals surface area (Å²) in [6.07, 6.45) is 5.17. The van der Waals surface area contributed by atoms with Crippen LogP contribution < -0.4 is 10.1 Å². The van der Waals surface area contributed by atoms with E-state index in [1.54, 1.807) is 7.11 Å². The largest absolute Gasteiger partial charge is 0.497 e. The van der Waals surface area contributed by atoms with E-state index >= 15 is 0 Å². The number of likely N-dealkylation sites (tertiary alicyclic amines) is 1. The molecular weight excluding hydrogens is 260 g/mol. The van der Waals surface area contributed by atoms with E-state index in [0.717, 1.165) is 24.6 Å². The molecule has 1 unspecified atom stereocenters. The summed E-state index contributed by atoms with van der Waals surface area (Å²) in [5.41, 5.74) is 1.40. The topological polar surface area (TPSA) is 24.5 Å². The molecule has 2 rings (SSSR count). The molecule has 1 saturated heterocycles. The van der Waals surface area contributed by atoms with E-state index in [9.17, 15) is 0 Å². The Balaban J connectivity index is 1.77. The lowest BCUT2D eigenvalue weighted by molar-refractivity contribution is 0.137. The first-order chi connectivity index (χ1) is 10.2. The average Bonchev–Trinajstić information content (AvgIpc) is 2.54. The van der Waals surface area contributed by atoms with Gasteiger partial charge in [0.25, 0.3) is 0 Å². The van der Waals surface area contributed by atoms with Gasteiger partial charge in [0.1, 0.15) is 5.75 Å². The van der Waals surface area contributed by atoms with Gasteiger partial charge in [-0.25, -0.2) is 0 Å². The summed E-state index contributed by atoms with van der Waals surface area (Å²) in [4.78, 5) is 2.65. The van der Waals surface area contributed by atoms with Crippen LogP contribution in [0.5, 0.6) is 5.75 Å². The maximum atomic E-state index is 5.22. The van der Waals surface area contributed by atoms with Crippen molar-refractivity contribution in [3.8, 4) is 5.75 Å². The maximum absolute atomic E-state index is 5.22. The van der Waals surface area contributed by atoms with E-state index in [2.05, 4.69) is 41.4 Å². The molecule has 0 spiro atoms. The zero-order valence-corrected chi connectivity index (χ0v) is 13.8. The number of ether oxygens (including phenoxy) is 1. The minimum absolute atomic E-state index is 0.628. The average molecular weight is 290 g/mol. The van der Waals surface area contributed by atoms with Crippen molar-refractivity contribution in [2.75, 3.05) is 33.8 Å². The van der Waals surface area contributed by atoms with Crippen LogP contribution in [0.1, 0.15) is 31.7 Å². The molecule has 3 heteroatoms. The zero-order valence-electron chi connectivity index (χ0n) is 13.8. The van der Waals surface area contributed by atoms with Gasteiger partial charge in [0.2, 0.25) is 0 Å². The summed E-state index contributed by atoms with van der Waals surface area (Å²) in [6, 6.07) is 9.13. The van der Waals surface area contributed by atoms with E-state index in [4.69, 9.17) is 4.74 Å². The van der Waals surface area contributed by atoms with Gasteiger partial charge >= 0.3 is 0 Å². The third-order valence-corrected chi connectivity index (χ3v) is 4.77. The highest BCUT2D eigenvalue weighted by Crippen LogP contribution is 2.23. The first kappa shape index (κ1) is 16.3. The summed E-state index contributed by atoms with van der Waals surface area (Å²) in [7, 11) is 3.77. The van der Waals surface area contributed by atoms with Crippen molar-refractivity contribution >= 4 is 0 Å². The predicted octanol–water partition coefficient (Wildman–Crippen LogP) is 2.95. The Labute approximate surface area is 129 Å². The van der Waals surface area contributed by atoms with Crippen LogP contribution in [0.25, 0.3) is 0 Å². The molecular formula is C18H30N2O. The second-order valence-corrected chi connectivity index (χ2v) is 6.27. The maximum Gasteiger partial charge on any atom is 0.118 e. The van der Waals surface area contributed by atoms with Crippen LogP contribution >= 0.6 is 0 Å². The number of nitrogens with zero attached hydrogens (tertiary/aromatic N) is 1. The Morgan fingerprint density at radius 3 is 2.48 bits per heavy atom. The van der Waals surface area contributed by atoms with E-state index in [-0.39, 0.29) is 0 Å². The number of hydrogen-bond donors (Lipinski definition) is 1. The Morgan fingerprint density at radius 2 is 1.90 bits per heavy atom. The highest BCUT2D eigenvalue weighted by molar-refractivity contribution is 5.27. The smallest absolute Gasteiger partial charge is 0.118 e. The van der Waals surface area contributed by atoms with Crippen molar-refractivity contribution in [3.05, 3.63) is 29.8 Å². The third-order valence-electron chi connectivity index (χ3n) is 4.77. The molecule has 0 amide bonds. The van der Waals surface area contributed by atoms with Gasteiger partial charge in [0, 0.05) is 6.04 Å². The number of benzene rings is 1. The van der Waals surface area contributed by atoms with Crippen LogP contribution in [0.15, 0.2) is 24.3 Å². The fourth-order valence-corrected chi connectivity index (χ4v) is 3.26. The standard InChI is InChI=1S/C18H30N2O/c1-15(14-17-4-6-18(21-3)7-5-17)20-12-9-16(10-13-20)8-11-19-2/h4-7,15-16,19H,8-14H2,1-3H3. The monoisotopic (exact) mass is 290 g/mol. The van der Waals surface area contributed by atoms with E-state index in [1.165, 1.54) is 37.9 Å². The Morgan fingerprint density at radius 1 is 1.24 bits per heavy atom. The molecule has 1 aliphatic heterocycles. The summed E-state index contributed by atoms with van der Waals surface area (Å²) >= 11 is 0. The first-order valence-electron chi connectivity index (χ1n) is 8.24. The summed E-state index contributed by atoms with van der Waals surface area (Å²) in [5, 5.41) is 3.27. The quantitative estimate of drug-likeness (QED) is 0.835. The molecule has 3 nitrogen and oxygen atoms in total. The van der Waals surface area contributed by atoms with Crippen LogP contribution in [-0.4, -0.2) is 44.7 Å². The highest BCUT2D eigenvalue weighted by Gasteiger charge is 2.22. The number of rotatable bonds is 7. The molecule has 0 bridgehead atoms. The Bertz CT molecular complexity index is 396. The number of hydrogen-bond acceptors (Lipinski definition) is 3. The molecule has 21 heavy (non-hydrogen) atoms. The molecule has 1 atom stereocenters. The summed E-state index contributed by atoms with van der Waals surface area (Å²) in [5.74, 6) is 1.86. The van der Waals surface area contributed by atoms with Crippen molar-refractivity contribution in [2.24, 2.45) is 5.92 Å². The first-order valence-corrected chi connectivity index (χ1v) is 8.24. The molecule has 1 fully saturated rings. The van der Waals surface area contributed by atoms with Crippen LogP contribution in [0, 0.1) is 5.92 Å². The molecule has 1 aromatic carbocycles. The summed E-state index contributed by atoms with van der Waals surface area (Å²) in [6.45, 7) is 6.03. The van der Waals surface area contributed by atoms with Crippen molar-refractivity contribution in [2.45, 2.75) is 38.6 Å². The van der Waals surface area contributed by atoms with Crippen LogP contribution in [-0.2, 0) is 6.42 Å². The molecule has 118 valence electrons. The van der Waals surface area contributed by atoms with Gasteiger partial charge in [-0.05, 0) is 82.9 Å². The van der Waals surface area contributed by atoms with E-state index in [1.807, 2.05) is 7.05 Å². The van der Waals surface area contributed by atoms with E-state index < -0.39 is 0 Å². The lowest BCUT2D eigenvalue weighted by Crippen LogP contribution is -2.41. The number of nitrogens with one attached hydrogen (secondary N) is 1. The lowest BCUT2D eigenvalue weighted by atomic mass is 9.92. The lowest BCUT2D eigenvalue weighted by Gasteiger charge is -2.36. The van der Waals surface area contributed by atoms with E-state index in [0.29, 0.717) is 6.04 Å². The van der Waals surface area contributed by atoms with Crippen molar-refractivity contribution in [3.63, 3.8) is 0 Å². The molecule has 0 saturated carbocycles. The number of methoxy groups -OCH3 is 1. The number of piperidine rings is 1. The van der Waals surface area contributed by atoms with Gasteiger partial charge in [-0.2, -0.15) is 0 Å². The van der Waals surface area contributed by atoms with Gasteiger partial charge in [-0.15, -0.1) is 0 Å². The minimum atomic E-state index is 0.628. The van der Waals surface area contributed by atoms with Crippen molar-refractivity contribution < 1.29 is 4.74 Å². The highest BCUT2D eigenvalue weighted by atomic mass is 16.5. The Kier molecular flexibility index (Phi) is 6.52. The second kappa shape index (κ2) is 8.40. The minimum Gasteiger partial charge on any atom is -0.497 e. The third kappa shape index (κ3) is 5.01. The van der Waals surface area contributed by atoms with Crippen LogP contribution in [0.4, 0.5) is 0 Å². The fraction of sp³-hybridized carbons (Fsp3) is 0.667. The molecule has 0 radical (unpaired) electrons. The zero-order chi connectivity index (χ0) is 15.1. The predicted molar refractivity (Wildman–Crippen MR) is 89.0 cm³/mol. The van der Waals surface area contributed by atoms with Crippen molar-refractivity contribution in [1.82, 2.24) is 10.2 Å². The van der Waals surface area contributed by atoms with Gasteiger partial charge < -0.3 is 15.0 Å². The normalized spacial score (nSPS) is 18.6. The Hall–Kier alpha value is -1.06. The van der Waals surface area contributed by atoms with Gasteiger partial charge in [-0.3, -0.25) is 0 Å². The van der Waals surface area contributed by atoms with Crippen LogP contribution in [0.3, 0.4) is 0 Å². The molecule has 0 aromatic heterocycles. The SMILES string of the molecule is CNCCC1CCN(C(C)Cc2ccc(OC)cc2)CC1. The molecule has 0 aliphatic carbocycles. The van der Waals surface area contributed by atoms with Crippen LogP contribution in [0.2, 0.25) is 0 Å². The molecule has 1 aliphatic rings. The molecule has 1 heterocycles. The van der Waals surface area contributed by atoms with Crippen molar-refractivity contribution in [1.29, 1.82) is 0 Å². The summed E-state index contributed by atoms with van der Waals surface area (Å²) < 4.78 is 5.22. The van der Waals surface area contributed by atoms with Gasteiger partial charge in [0.15, 0.2) is 0 Å². The second-order valence-electron chi connectivity index (χ2n) is 6.27.